The van der Waals surface area contributed by atoms with Crippen LogP contribution in [-0.2, 0) is 6.42 Å². The van der Waals surface area contributed by atoms with Gasteiger partial charge >= 0.3 is 0 Å². The number of nitrogens with two attached hydrogens (primary N) is 1. The van der Waals surface area contributed by atoms with Crippen LogP contribution in [0.4, 0.5) is 0 Å². The van der Waals surface area contributed by atoms with Crippen LogP contribution < -0.4 is 5.73 Å². The highest BCUT2D eigenvalue weighted by Gasteiger charge is 2.00. The minimum absolute atomic E-state index is 0. The first-order valence-electron chi connectivity index (χ1n) is 4.74. The van der Waals surface area contributed by atoms with Gasteiger partial charge in [0.1, 0.15) is 0 Å². The summed E-state index contributed by atoms with van der Waals surface area (Å²) in [4.78, 5) is 2.69. The molecule has 15 heavy (non-hydrogen) atoms. The molecular weight excluding hydrogens is 226 g/mol. The minimum Gasteiger partial charge on any atom is -0.330 e. The summed E-state index contributed by atoms with van der Waals surface area (Å²) in [7, 11) is 0. The van der Waals surface area contributed by atoms with Crippen molar-refractivity contribution in [3.8, 4) is 10.4 Å². The van der Waals surface area contributed by atoms with E-state index in [1.165, 1.54) is 15.3 Å². The van der Waals surface area contributed by atoms with E-state index < -0.39 is 0 Å². The number of thiophene rings is 1. The van der Waals surface area contributed by atoms with Crippen LogP contribution in [-0.4, -0.2) is 6.54 Å². The molecular formula is C12H14ClNS. The van der Waals surface area contributed by atoms with Crippen LogP contribution in [0.3, 0.4) is 0 Å². The first-order valence-corrected chi connectivity index (χ1v) is 5.56. The molecule has 0 aliphatic carbocycles. The molecule has 0 fully saturated rings. The van der Waals surface area contributed by atoms with Gasteiger partial charge < -0.3 is 5.73 Å². The van der Waals surface area contributed by atoms with Gasteiger partial charge in [-0.15, -0.1) is 23.7 Å². The summed E-state index contributed by atoms with van der Waals surface area (Å²) in [5.74, 6) is 0. The van der Waals surface area contributed by atoms with Crippen molar-refractivity contribution in [3.63, 3.8) is 0 Å². The van der Waals surface area contributed by atoms with Gasteiger partial charge in [-0.1, -0.05) is 30.3 Å². The fraction of sp³-hybridized carbons (Fsp3) is 0.167. The van der Waals surface area contributed by atoms with Crippen molar-refractivity contribution in [1.29, 1.82) is 0 Å². The summed E-state index contributed by atoms with van der Waals surface area (Å²) in [5.41, 5.74) is 6.81. The number of benzene rings is 1. The van der Waals surface area contributed by atoms with Crippen molar-refractivity contribution in [1.82, 2.24) is 0 Å². The molecule has 80 valence electrons. The average Bonchev–Trinajstić information content (AvgIpc) is 2.68. The lowest BCUT2D eigenvalue weighted by molar-refractivity contribution is 0.989. The smallest absolute Gasteiger partial charge is 0.0345 e. The highest BCUT2D eigenvalue weighted by molar-refractivity contribution is 7.15. The second kappa shape index (κ2) is 5.91. The molecule has 2 aromatic rings. The zero-order chi connectivity index (χ0) is 9.80. The van der Waals surface area contributed by atoms with Gasteiger partial charge in [-0.25, -0.2) is 0 Å². The lowest BCUT2D eigenvalue weighted by atomic mass is 10.2. The Morgan fingerprint density at radius 2 is 1.73 bits per heavy atom. The van der Waals surface area contributed by atoms with E-state index >= 15 is 0 Å². The van der Waals surface area contributed by atoms with Crippen LogP contribution in [0.2, 0.25) is 0 Å². The molecule has 0 radical (unpaired) electrons. The topological polar surface area (TPSA) is 26.0 Å². The molecule has 0 spiro atoms. The molecule has 0 bridgehead atoms. The van der Waals surface area contributed by atoms with E-state index in [0.717, 1.165) is 13.0 Å². The molecule has 1 nitrogen and oxygen atoms in total. The van der Waals surface area contributed by atoms with Crippen molar-refractivity contribution in [2.75, 3.05) is 6.54 Å². The van der Waals surface area contributed by atoms with Crippen LogP contribution in [0.15, 0.2) is 42.5 Å². The predicted octanol–water partition coefficient (Wildman–Crippen LogP) is 3.34. The quantitative estimate of drug-likeness (QED) is 0.874. The molecule has 3 heteroatoms. The van der Waals surface area contributed by atoms with Crippen LogP contribution in [0.1, 0.15) is 4.88 Å². The van der Waals surface area contributed by atoms with Gasteiger partial charge in [0.2, 0.25) is 0 Å². The van der Waals surface area contributed by atoms with Crippen LogP contribution in [0.25, 0.3) is 10.4 Å². The van der Waals surface area contributed by atoms with E-state index in [1.807, 2.05) is 17.4 Å². The average molecular weight is 240 g/mol. The monoisotopic (exact) mass is 239 g/mol. The van der Waals surface area contributed by atoms with Crippen molar-refractivity contribution in [2.24, 2.45) is 5.73 Å². The van der Waals surface area contributed by atoms with E-state index in [2.05, 4.69) is 36.4 Å². The Labute approximate surface area is 100 Å². The maximum Gasteiger partial charge on any atom is 0.0345 e. The molecule has 0 saturated carbocycles. The zero-order valence-corrected chi connectivity index (χ0v) is 9.98. The number of hydrogen-bond donors (Lipinski definition) is 1. The molecule has 2 rings (SSSR count). The second-order valence-corrected chi connectivity index (χ2v) is 4.34. The van der Waals surface area contributed by atoms with Crippen LogP contribution in [0.5, 0.6) is 0 Å². The zero-order valence-electron chi connectivity index (χ0n) is 8.35. The molecule has 1 aromatic heterocycles. The first-order chi connectivity index (χ1) is 6.90. The van der Waals surface area contributed by atoms with Crippen molar-refractivity contribution in [2.45, 2.75) is 6.42 Å². The molecule has 0 atom stereocenters. The third-order valence-electron chi connectivity index (χ3n) is 2.11. The van der Waals surface area contributed by atoms with Gasteiger partial charge in [0, 0.05) is 9.75 Å². The molecule has 0 saturated heterocycles. The summed E-state index contributed by atoms with van der Waals surface area (Å²) < 4.78 is 0. The van der Waals surface area contributed by atoms with Gasteiger partial charge in [0.25, 0.3) is 0 Å². The van der Waals surface area contributed by atoms with Crippen LogP contribution >= 0.6 is 23.7 Å². The Bertz CT molecular complexity index is 397. The van der Waals surface area contributed by atoms with Gasteiger partial charge in [0.15, 0.2) is 0 Å². The lowest BCUT2D eigenvalue weighted by Crippen LogP contribution is -2.00. The Kier molecular flexibility index (Phi) is 4.82. The summed E-state index contributed by atoms with van der Waals surface area (Å²) in [6, 6.07) is 14.8. The van der Waals surface area contributed by atoms with Crippen molar-refractivity contribution < 1.29 is 0 Å². The molecule has 1 heterocycles. The summed E-state index contributed by atoms with van der Waals surface area (Å²) in [6.07, 6.45) is 0.984. The predicted molar refractivity (Wildman–Crippen MR) is 69.8 cm³/mol. The standard InChI is InChI=1S/C12H13NS.ClH/c13-9-8-11-6-7-12(14-11)10-4-2-1-3-5-10;/h1-7H,8-9,13H2;1H. The number of halogens is 1. The Hall–Kier alpha value is -0.830. The normalized spacial score (nSPS) is 9.67. The SMILES string of the molecule is Cl.NCCc1ccc(-c2ccccc2)s1. The summed E-state index contributed by atoms with van der Waals surface area (Å²) in [6.45, 7) is 0.731. The highest BCUT2D eigenvalue weighted by atomic mass is 35.5. The van der Waals surface area contributed by atoms with E-state index in [0.29, 0.717) is 0 Å². The van der Waals surface area contributed by atoms with Gasteiger partial charge in [-0.05, 0) is 30.7 Å². The van der Waals surface area contributed by atoms with Crippen molar-refractivity contribution >= 4 is 23.7 Å². The van der Waals surface area contributed by atoms with Gasteiger partial charge in [-0.3, -0.25) is 0 Å². The molecule has 2 N–H and O–H groups in total. The molecule has 0 aliphatic rings. The maximum absolute atomic E-state index is 5.52. The largest absolute Gasteiger partial charge is 0.330 e. The Morgan fingerprint density at radius 1 is 1.00 bits per heavy atom. The Morgan fingerprint density at radius 3 is 2.40 bits per heavy atom. The maximum atomic E-state index is 5.52. The van der Waals surface area contributed by atoms with Crippen LogP contribution in [0, 0.1) is 0 Å². The summed E-state index contributed by atoms with van der Waals surface area (Å²) in [5, 5.41) is 0. The molecule has 0 amide bonds. The molecule has 1 aromatic carbocycles. The Balaban J connectivity index is 0.00000112. The third kappa shape index (κ3) is 3.06. The lowest BCUT2D eigenvalue weighted by Gasteiger charge is -1.95. The van der Waals surface area contributed by atoms with E-state index in [1.54, 1.807) is 0 Å². The van der Waals surface area contributed by atoms with Gasteiger partial charge in [0.05, 0.1) is 0 Å². The highest BCUT2D eigenvalue weighted by Crippen LogP contribution is 2.27. The third-order valence-corrected chi connectivity index (χ3v) is 3.30. The molecule has 0 unspecified atom stereocenters. The second-order valence-electron chi connectivity index (χ2n) is 3.17. The summed E-state index contributed by atoms with van der Waals surface area (Å²) >= 11 is 1.83. The fourth-order valence-electron chi connectivity index (χ4n) is 1.41. The number of rotatable bonds is 3. The van der Waals surface area contributed by atoms with Gasteiger partial charge in [-0.2, -0.15) is 0 Å². The van der Waals surface area contributed by atoms with E-state index in [-0.39, 0.29) is 12.4 Å². The first kappa shape index (κ1) is 12.2. The molecule has 0 aliphatic heterocycles. The minimum atomic E-state index is 0. The fourth-order valence-corrected chi connectivity index (χ4v) is 2.44. The van der Waals surface area contributed by atoms with Crippen molar-refractivity contribution in [3.05, 3.63) is 47.3 Å². The van der Waals surface area contributed by atoms with E-state index in [9.17, 15) is 0 Å². The van der Waals surface area contributed by atoms with E-state index in [4.69, 9.17) is 5.73 Å². The number of hydrogen-bond acceptors (Lipinski definition) is 2.